The Hall–Kier alpha value is -1.03. The van der Waals surface area contributed by atoms with Crippen LogP contribution >= 0.6 is 11.6 Å². The van der Waals surface area contributed by atoms with Crippen LogP contribution < -0.4 is 10.1 Å². The van der Waals surface area contributed by atoms with Gasteiger partial charge in [-0.05, 0) is 26.2 Å². The van der Waals surface area contributed by atoms with Gasteiger partial charge in [0.2, 0.25) is 11.8 Å². The van der Waals surface area contributed by atoms with Crippen molar-refractivity contribution in [2.45, 2.75) is 32.3 Å². The molecule has 82 valence electrons. The summed E-state index contributed by atoms with van der Waals surface area (Å²) in [5.41, 5.74) is 0. The second-order valence-corrected chi connectivity index (χ2v) is 3.95. The summed E-state index contributed by atoms with van der Waals surface area (Å²) in [6.45, 7) is 2.77. The Morgan fingerprint density at radius 2 is 2.40 bits per heavy atom. The molecule has 0 saturated heterocycles. The summed E-state index contributed by atoms with van der Waals surface area (Å²) in [5.74, 6) is 1.06. The van der Waals surface area contributed by atoms with Crippen molar-refractivity contribution in [2.75, 3.05) is 11.9 Å². The molecule has 0 spiro atoms. The van der Waals surface area contributed by atoms with Gasteiger partial charge in [-0.3, -0.25) is 0 Å². The molecule has 0 amide bonds. The molecular formula is C10H14ClN3O. The molecule has 1 heterocycles. The molecule has 0 radical (unpaired) electrons. The zero-order valence-electron chi connectivity index (χ0n) is 8.66. The molecule has 0 aliphatic heterocycles. The van der Waals surface area contributed by atoms with E-state index >= 15 is 0 Å². The largest absolute Gasteiger partial charge is 0.473 e. The second-order valence-electron chi connectivity index (χ2n) is 3.55. The molecule has 0 aromatic carbocycles. The first-order valence-electron chi connectivity index (χ1n) is 5.22. The van der Waals surface area contributed by atoms with Gasteiger partial charge in [0.25, 0.3) is 0 Å². The van der Waals surface area contributed by atoms with Gasteiger partial charge in [-0.25, -0.2) is 4.98 Å². The Balaban J connectivity index is 2.08. The summed E-state index contributed by atoms with van der Waals surface area (Å²) >= 11 is 5.94. The first-order chi connectivity index (χ1) is 7.29. The number of rotatable bonds is 4. The van der Waals surface area contributed by atoms with Crippen molar-refractivity contribution in [1.82, 2.24) is 9.97 Å². The average Bonchev–Trinajstić information content (AvgIpc) is 2.16. The molecule has 1 aromatic heterocycles. The number of anilines is 1. The zero-order chi connectivity index (χ0) is 10.7. The molecular weight excluding hydrogens is 214 g/mol. The van der Waals surface area contributed by atoms with Gasteiger partial charge in [0.05, 0.1) is 6.20 Å². The van der Waals surface area contributed by atoms with Crippen LogP contribution in [0.15, 0.2) is 6.20 Å². The summed E-state index contributed by atoms with van der Waals surface area (Å²) in [6, 6.07) is 0. The van der Waals surface area contributed by atoms with E-state index in [2.05, 4.69) is 15.3 Å². The number of halogens is 1. The molecule has 1 saturated carbocycles. The highest BCUT2D eigenvalue weighted by molar-refractivity contribution is 6.31. The lowest BCUT2D eigenvalue weighted by Crippen LogP contribution is -2.25. The molecule has 1 fully saturated rings. The Kier molecular flexibility index (Phi) is 3.26. The Bertz CT molecular complexity index is 341. The number of hydrogen-bond donors (Lipinski definition) is 1. The lowest BCUT2D eigenvalue weighted by molar-refractivity contribution is 0.115. The number of ether oxygens (including phenoxy) is 1. The lowest BCUT2D eigenvalue weighted by atomic mass is 9.96. The third kappa shape index (κ3) is 2.50. The standard InChI is InChI=1S/C10H14ClN3O/c1-2-12-10-13-6-8(11)9(14-10)15-7-4-3-5-7/h6-7H,2-5H2,1H3,(H,12,13,14). The van der Waals surface area contributed by atoms with Crippen LogP contribution in [0.1, 0.15) is 26.2 Å². The Morgan fingerprint density at radius 3 is 3.00 bits per heavy atom. The molecule has 0 bridgehead atoms. The van der Waals surface area contributed by atoms with Crippen LogP contribution in [0.5, 0.6) is 5.88 Å². The van der Waals surface area contributed by atoms with Crippen molar-refractivity contribution in [3.63, 3.8) is 0 Å². The van der Waals surface area contributed by atoms with Crippen LogP contribution in [0.25, 0.3) is 0 Å². The number of nitrogens with zero attached hydrogens (tertiary/aromatic N) is 2. The fourth-order valence-corrected chi connectivity index (χ4v) is 1.46. The smallest absolute Gasteiger partial charge is 0.237 e. The van der Waals surface area contributed by atoms with Crippen molar-refractivity contribution in [2.24, 2.45) is 0 Å². The predicted molar refractivity (Wildman–Crippen MR) is 59.5 cm³/mol. The molecule has 15 heavy (non-hydrogen) atoms. The summed E-state index contributed by atoms with van der Waals surface area (Å²) in [7, 11) is 0. The monoisotopic (exact) mass is 227 g/mol. The average molecular weight is 228 g/mol. The van der Waals surface area contributed by atoms with Crippen LogP contribution in [0.4, 0.5) is 5.95 Å². The predicted octanol–water partition coefficient (Wildman–Crippen LogP) is 2.49. The van der Waals surface area contributed by atoms with E-state index < -0.39 is 0 Å². The zero-order valence-corrected chi connectivity index (χ0v) is 9.42. The van der Waals surface area contributed by atoms with Gasteiger partial charge in [0, 0.05) is 6.54 Å². The molecule has 0 unspecified atom stereocenters. The van der Waals surface area contributed by atoms with Crippen molar-refractivity contribution in [3.05, 3.63) is 11.2 Å². The van der Waals surface area contributed by atoms with E-state index in [4.69, 9.17) is 16.3 Å². The van der Waals surface area contributed by atoms with Gasteiger partial charge in [0.15, 0.2) is 0 Å². The highest BCUT2D eigenvalue weighted by Gasteiger charge is 2.21. The highest BCUT2D eigenvalue weighted by atomic mass is 35.5. The summed E-state index contributed by atoms with van der Waals surface area (Å²) < 4.78 is 5.65. The summed E-state index contributed by atoms with van der Waals surface area (Å²) in [5, 5.41) is 3.50. The molecule has 1 N–H and O–H groups in total. The molecule has 1 aromatic rings. The van der Waals surface area contributed by atoms with E-state index in [1.165, 1.54) is 6.42 Å². The van der Waals surface area contributed by atoms with Gasteiger partial charge in [-0.2, -0.15) is 4.98 Å². The highest BCUT2D eigenvalue weighted by Crippen LogP contribution is 2.28. The van der Waals surface area contributed by atoms with Gasteiger partial charge in [-0.1, -0.05) is 11.6 Å². The Morgan fingerprint density at radius 1 is 1.60 bits per heavy atom. The molecule has 1 aliphatic carbocycles. The minimum Gasteiger partial charge on any atom is -0.473 e. The van der Waals surface area contributed by atoms with Crippen LogP contribution in [0.3, 0.4) is 0 Å². The fraction of sp³-hybridized carbons (Fsp3) is 0.600. The topological polar surface area (TPSA) is 47.0 Å². The molecule has 2 rings (SSSR count). The number of nitrogens with one attached hydrogen (secondary N) is 1. The molecule has 4 nitrogen and oxygen atoms in total. The van der Waals surface area contributed by atoms with Crippen LogP contribution in [0, 0.1) is 0 Å². The van der Waals surface area contributed by atoms with Crippen LogP contribution in [-0.2, 0) is 0 Å². The van der Waals surface area contributed by atoms with Crippen LogP contribution in [-0.4, -0.2) is 22.6 Å². The number of aromatic nitrogens is 2. The van der Waals surface area contributed by atoms with E-state index in [9.17, 15) is 0 Å². The maximum atomic E-state index is 5.94. The Labute approximate surface area is 94.0 Å². The van der Waals surface area contributed by atoms with Crippen molar-refractivity contribution < 1.29 is 4.74 Å². The third-order valence-electron chi connectivity index (χ3n) is 2.38. The SMILES string of the molecule is CCNc1ncc(Cl)c(OC2CCC2)n1. The van der Waals surface area contributed by atoms with E-state index in [0.29, 0.717) is 16.9 Å². The summed E-state index contributed by atoms with van der Waals surface area (Å²) in [6.07, 6.45) is 5.27. The first kappa shape index (κ1) is 10.5. The van der Waals surface area contributed by atoms with Crippen molar-refractivity contribution in [3.8, 4) is 5.88 Å². The van der Waals surface area contributed by atoms with Crippen molar-refractivity contribution in [1.29, 1.82) is 0 Å². The van der Waals surface area contributed by atoms with Crippen molar-refractivity contribution >= 4 is 17.5 Å². The minimum absolute atomic E-state index is 0.284. The lowest BCUT2D eigenvalue weighted by Gasteiger charge is -2.26. The van der Waals surface area contributed by atoms with Gasteiger partial charge in [-0.15, -0.1) is 0 Å². The molecule has 0 atom stereocenters. The normalized spacial score (nSPS) is 15.9. The van der Waals surface area contributed by atoms with Gasteiger partial charge in [0.1, 0.15) is 11.1 Å². The van der Waals surface area contributed by atoms with E-state index in [-0.39, 0.29) is 6.10 Å². The van der Waals surface area contributed by atoms with Gasteiger partial charge >= 0.3 is 0 Å². The van der Waals surface area contributed by atoms with Crippen LogP contribution in [0.2, 0.25) is 5.02 Å². The fourth-order valence-electron chi connectivity index (χ4n) is 1.32. The minimum atomic E-state index is 0.284. The van der Waals surface area contributed by atoms with E-state index in [1.807, 2.05) is 6.92 Å². The first-order valence-corrected chi connectivity index (χ1v) is 5.60. The summed E-state index contributed by atoms with van der Waals surface area (Å²) in [4.78, 5) is 8.25. The maximum absolute atomic E-state index is 5.94. The van der Waals surface area contributed by atoms with E-state index in [0.717, 1.165) is 19.4 Å². The quantitative estimate of drug-likeness (QED) is 0.859. The molecule has 1 aliphatic rings. The third-order valence-corrected chi connectivity index (χ3v) is 2.64. The van der Waals surface area contributed by atoms with E-state index in [1.54, 1.807) is 6.20 Å². The second kappa shape index (κ2) is 4.66. The van der Waals surface area contributed by atoms with Gasteiger partial charge < -0.3 is 10.1 Å². The molecule has 5 heteroatoms. The number of hydrogen-bond acceptors (Lipinski definition) is 4. The maximum Gasteiger partial charge on any atom is 0.237 e.